The van der Waals surface area contributed by atoms with Gasteiger partial charge in [-0.1, -0.05) is 11.6 Å². The Hall–Kier alpha value is -1.71. The normalized spacial score (nSPS) is 11.6. The lowest BCUT2D eigenvalue weighted by molar-refractivity contribution is 0.574. The van der Waals surface area contributed by atoms with E-state index in [0.29, 0.717) is 18.2 Å². The molecule has 2 rings (SSSR count). The molecule has 0 radical (unpaired) electrons. The second-order valence-corrected chi connectivity index (χ2v) is 6.28. The summed E-state index contributed by atoms with van der Waals surface area (Å²) < 4.78 is 28.6. The molecule has 0 saturated carbocycles. The highest BCUT2D eigenvalue weighted by atomic mass is 35.5. The van der Waals surface area contributed by atoms with Crippen molar-refractivity contribution in [2.45, 2.75) is 24.9 Å². The molecule has 0 atom stereocenters. The molecule has 21 heavy (non-hydrogen) atoms. The molecule has 0 fully saturated rings. The minimum absolute atomic E-state index is 0.00550. The van der Waals surface area contributed by atoms with Crippen molar-refractivity contribution < 1.29 is 8.42 Å². The zero-order valence-electron chi connectivity index (χ0n) is 11.5. The van der Waals surface area contributed by atoms with Crippen molar-refractivity contribution in [2.75, 3.05) is 12.4 Å². The number of aryl methyl sites for hydroxylation is 1. The van der Waals surface area contributed by atoms with E-state index in [1.165, 1.54) is 12.3 Å². The molecule has 0 aromatic carbocycles. The van der Waals surface area contributed by atoms with Gasteiger partial charge in [0.15, 0.2) is 0 Å². The molecule has 0 bridgehead atoms. The van der Waals surface area contributed by atoms with Crippen LogP contribution in [0, 0.1) is 0 Å². The lowest BCUT2D eigenvalue weighted by Gasteiger charge is -2.08. The summed E-state index contributed by atoms with van der Waals surface area (Å²) >= 11 is 5.94. The molecule has 0 spiro atoms. The van der Waals surface area contributed by atoms with Gasteiger partial charge in [-0.05, 0) is 13.0 Å². The van der Waals surface area contributed by atoms with Gasteiger partial charge < -0.3 is 9.88 Å². The zero-order valence-corrected chi connectivity index (χ0v) is 13.1. The Bertz CT molecular complexity index is 730. The number of nitrogens with one attached hydrogen (secondary N) is 2. The van der Waals surface area contributed by atoms with Crippen molar-refractivity contribution in [3.63, 3.8) is 0 Å². The van der Waals surface area contributed by atoms with Gasteiger partial charge in [0.05, 0.1) is 11.6 Å². The molecule has 10 heteroatoms. The first-order chi connectivity index (χ1) is 9.97. The summed E-state index contributed by atoms with van der Waals surface area (Å²) in [6, 6.07) is 1.34. The first-order valence-electron chi connectivity index (χ1n) is 6.17. The molecule has 0 amide bonds. The van der Waals surface area contributed by atoms with Gasteiger partial charge in [0.2, 0.25) is 10.0 Å². The second-order valence-electron chi connectivity index (χ2n) is 4.11. The number of nitrogens with zero attached hydrogens (tertiary/aromatic N) is 4. The van der Waals surface area contributed by atoms with Gasteiger partial charge in [-0.15, -0.1) is 10.2 Å². The number of aromatic nitrogens is 4. The Labute approximate surface area is 127 Å². The SMILES string of the molecule is CCn1cnnc1CNS(=O)(=O)c1cnc(NC)c(Cl)c1. The van der Waals surface area contributed by atoms with E-state index in [9.17, 15) is 8.42 Å². The van der Waals surface area contributed by atoms with Crippen LogP contribution >= 0.6 is 11.6 Å². The van der Waals surface area contributed by atoms with E-state index < -0.39 is 10.0 Å². The lowest BCUT2D eigenvalue weighted by atomic mass is 10.4. The molecular weight excluding hydrogens is 316 g/mol. The number of hydrogen-bond donors (Lipinski definition) is 2. The summed E-state index contributed by atoms with van der Waals surface area (Å²) in [5.41, 5.74) is 0. The van der Waals surface area contributed by atoms with E-state index in [1.54, 1.807) is 17.9 Å². The van der Waals surface area contributed by atoms with Gasteiger partial charge in [-0.25, -0.2) is 18.1 Å². The monoisotopic (exact) mass is 330 g/mol. The minimum Gasteiger partial charge on any atom is -0.372 e. The third kappa shape index (κ3) is 3.49. The smallest absolute Gasteiger partial charge is 0.242 e. The molecule has 2 heterocycles. The van der Waals surface area contributed by atoms with Gasteiger partial charge in [-0.2, -0.15) is 0 Å². The second kappa shape index (κ2) is 6.37. The highest BCUT2D eigenvalue weighted by Gasteiger charge is 2.17. The molecular formula is C11H15ClN6O2S. The van der Waals surface area contributed by atoms with Gasteiger partial charge in [0, 0.05) is 19.8 Å². The van der Waals surface area contributed by atoms with Crippen molar-refractivity contribution in [2.24, 2.45) is 0 Å². The predicted octanol–water partition coefficient (Wildman–Crippen LogP) is 0.867. The van der Waals surface area contributed by atoms with E-state index in [-0.39, 0.29) is 16.5 Å². The predicted molar refractivity (Wildman–Crippen MR) is 78.5 cm³/mol. The molecule has 8 nitrogen and oxygen atoms in total. The number of hydrogen-bond acceptors (Lipinski definition) is 6. The summed E-state index contributed by atoms with van der Waals surface area (Å²) in [7, 11) is -2.06. The molecule has 0 aliphatic rings. The summed E-state index contributed by atoms with van der Waals surface area (Å²) in [5.74, 6) is 0.952. The Morgan fingerprint density at radius 3 is 2.81 bits per heavy atom. The Morgan fingerprint density at radius 2 is 2.19 bits per heavy atom. The largest absolute Gasteiger partial charge is 0.372 e. The molecule has 0 aliphatic heterocycles. The van der Waals surface area contributed by atoms with Crippen molar-refractivity contribution >= 4 is 27.4 Å². The molecule has 2 aromatic rings. The fourth-order valence-electron chi connectivity index (χ4n) is 1.67. The van der Waals surface area contributed by atoms with Crippen molar-refractivity contribution in [1.29, 1.82) is 0 Å². The average Bonchev–Trinajstić information content (AvgIpc) is 2.92. The Balaban J connectivity index is 2.17. The zero-order chi connectivity index (χ0) is 15.5. The number of anilines is 1. The van der Waals surface area contributed by atoms with Gasteiger partial charge in [-0.3, -0.25) is 0 Å². The van der Waals surface area contributed by atoms with E-state index in [1.807, 2.05) is 6.92 Å². The number of halogens is 1. The van der Waals surface area contributed by atoms with Crippen molar-refractivity contribution in [1.82, 2.24) is 24.5 Å². The Morgan fingerprint density at radius 1 is 1.43 bits per heavy atom. The summed E-state index contributed by atoms with van der Waals surface area (Å²) in [4.78, 5) is 3.94. The molecule has 0 unspecified atom stereocenters. The van der Waals surface area contributed by atoms with Crippen LogP contribution in [0.2, 0.25) is 5.02 Å². The van der Waals surface area contributed by atoms with Crippen LogP contribution in [0.4, 0.5) is 5.82 Å². The van der Waals surface area contributed by atoms with Gasteiger partial charge in [0.25, 0.3) is 0 Å². The number of rotatable bonds is 6. The minimum atomic E-state index is -3.71. The van der Waals surface area contributed by atoms with Crippen LogP contribution < -0.4 is 10.0 Å². The van der Waals surface area contributed by atoms with Crippen LogP contribution in [0.25, 0.3) is 0 Å². The first-order valence-corrected chi connectivity index (χ1v) is 8.03. The third-order valence-corrected chi connectivity index (χ3v) is 4.48. The lowest BCUT2D eigenvalue weighted by Crippen LogP contribution is -2.25. The van der Waals surface area contributed by atoms with E-state index in [0.717, 1.165) is 0 Å². The van der Waals surface area contributed by atoms with Crippen molar-refractivity contribution in [3.05, 3.63) is 29.4 Å². The van der Waals surface area contributed by atoms with E-state index >= 15 is 0 Å². The molecule has 0 saturated heterocycles. The topological polar surface area (TPSA) is 102 Å². The maximum absolute atomic E-state index is 12.2. The molecule has 2 N–H and O–H groups in total. The number of pyridine rings is 1. The molecule has 114 valence electrons. The highest BCUT2D eigenvalue weighted by Crippen LogP contribution is 2.21. The van der Waals surface area contributed by atoms with Crippen LogP contribution in [0.3, 0.4) is 0 Å². The fraction of sp³-hybridized carbons (Fsp3) is 0.364. The fourth-order valence-corrected chi connectivity index (χ4v) is 2.95. The molecule has 2 aromatic heterocycles. The Kier molecular flexibility index (Phi) is 4.76. The van der Waals surface area contributed by atoms with Gasteiger partial charge in [0.1, 0.15) is 22.9 Å². The standard InChI is InChI=1S/C11H15ClN6O2S/c1-3-18-7-15-17-10(18)6-16-21(19,20)8-4-9(12)11(13-2)14-5-8/h4-5,7,16H,3,6H2,1-2H3,(H,13,14). The maximum atomic E-state index is 12.2. The summed E-state index contributed by atoms with van der Waals surface area (Å²) in [5, 5.41) is 10.6. The van der Waals surface area contributed by atoms with Gasteiger partial charge >= 0.3 is 0 Å². The highest BCUT2D eigenvalue weighted by molar-refractivity contribution is 7.89. The van der Waals surface area contributed by atoms with Crippen LogP contribution in [-0.2, 0) is 23.1 Å². The van der Waals surface area contributed by atoms with Crippen LogP contribution in [0.1, 0.15) is 12.7 Å². The van der Waals surface area contributed by atoms with E-state index in [4.69, 9.17) is 11.6 Å². The van der Waals surface area contributed by atoms with Crippen LogP contribution in [-0.4, -0.2) is 35.2 Å². The maximum Gasteiger partial charge on any atom is 0.242 e. The quantitative estimate of drug-likeness (QED) is 0.814. The van der Waals surface area contributed by atoms with Crippen LogP contribution in [0.15, 0.2) is 23.5 Å². The van der Waals surface area contributed by atoms with Crippen LogP contribution in [0.5, 0.6) is 0 Å². The first kappa shape index (κ1) is 15.7. The summed E-state index contributed by atoms with van der Waals surface area (Å²) in [6.45, 7) is 2.62. The molecule has 0 aliphatic carbocycles. The van der Waals surface area contributed by atoms with Crippen molar-refractivity contribution in [3.8, 4) is 0 Å². The number of sulfonamides is 1. The summed E-state index contributed by atoms with van der Waals surface area (Å²) in [6.07, 6.45) is 2.79. The third-order valence-electron chi connectivity index (χ3n) is 2.82. The average molecular weight is 331 g/mol. The van der Waals surface area contributed by atoms with E-state index in [2.05, 4.69) is 25.2 Å².